The molecule has 0 aliphatic rings. The molecule has 0 radical (unpaired) electrons. The standard InChI is InChI=1S/C14H12N2O3S2/c1-9-13(20-14(17)15-9)21(18,19)16-12-7-6-10-4-2-3-5-11(10)8-12/h2-8,16H,1H3,(H,15,17). The van der Waals surface area contributed by atoms with E-state index in [9.17, 15) is 13.2 Å². The van der Waals surface area contributed by atoms with E-state index in [4.69, 9.17) is 0 Å². The Labute approximate surface area is 125 Å². The normalized spacial score (nSPS) is 11.7. The Morgan fingerprint density at radius 3 is 2.48 bits per heavy atom. The number of sulfonamides is 1. The number of aromatic amines is 1. The molecule has 0 saturated heterocycles. The zero-order valence-corrected chi connectivity index (χ0v) is 12.7. The van der Waals surface area contributed by atoms with Crippen LogP contribution in [0.5, 0.6) is 0 Å². The van der Waals surface area contributed by atoms with Crippen LogP contribution >= 0.6 is 11.3 Å². The van der Waals surface area contributed by atoms with Crippen LogP contribution in [0.15, 0.2) is 51.5 Å². The van der Waals surface area contributed by atoms with E-state index in [1.807, 2.05) is 30.3 Å². The molecule has 2 N–H and O–H groups in total. The molecule has 0 aliphatic heterocycles. The predicted molar refractivity (Wildman–Crippen MR) is 84.4 cm³/mol. The quantitative estimate of drug-likeness (QED) is 0.779. The second-order valence-electron chi connectivity index (χ2n) is 4.59. The Bertz CT molecular complexity index is 971. The van der Waals surface area contributed by atoms with Crippen molar-refractivity contribution in [2.75, 3.05) is 4.72 Å². The van der Waals surface area contributed by atoms with E-state index in [0.717, 1.165) is 10.8 Å². The van der Waals surface area contributed by atoms with Gasteiger partial charge in [0.1, 0.15) is 0 Å². The van der Waals surface area contributed by atoms with Gasteiger partial charge in [-0.3, -0.25) is 9.52 Å². The van der Waals surface area contributed by atoms with Crippen LogP contribution in [-0.2, 0) is 10.0 Å². The van der Waals surface area contributed by atoms with Crippen molar-refractivity contribution in [3.63, 3.8) is 0 Å². The lowest BCUT2D eigenvalue weighted by Gasteiger charge is -2.08. The topological polar surface area (TPSA) is 79.0 Å². The van der Waals surface area contributed by atoms with Crippen molar-refractivity contribution in [3.8, 4) is 0 Å². The van der Waals surface area contributed by atoms with Gasteiger partial charge in [0.15, 0.2) is 4.21 Å². The maximum Gasteiger partial charge on any atom is 0.306 e. The van der Waals surface area contributed by atoms with Crippen molar-refractivity contribution in [2.45, 2.75) is 11.1 Å². The highest BCUT2D eigenvalue weighted by molar-refractivity contribution is 7.94. The molecule has 2 aromatic carbocycles. The molecule has 0 amide bonds. The first-order chi connectivity index (χ1) is 9.95. The number of fused-ring (bicyclic) bond motifs is 1. The zero-order valence-electron chi connectivity index (χ0n) is 11.1. The molecule has 0 aliphatic carbocycles. The van der Waals surface area contributed by atoms with Gasteiger partial charge >= 0.3 is 4.87 Å². The summed E-state index contributed by atoms with van der Waals surface area (Å²) in [4.78, 5) is 13.3. The van der Waals surface area contributed by atoms with Gasteiger partial charge in [-0.05, 0) is 29.8 Å². The van der Waals surface area contributed by atoms with Gasteiger partial charge in [0.25, 0.3) is 10.0 Å². The first-order valence-corrected chi connectivity index (χ1v) is 8.47. The Morgan fingerprint density at radius 2 is 1.81 bits per heavy atom. The van der Waals surface area contributed by atoms with Gasteiger partial charge in [-0.1, -0.05) is 41.7 Å². The highest BCUT2D eigenvalue weighted by Gasteiger charge is 2.20. The van der Waals surface area contributed by atoms with Gasteiger partial charge in [-0.2, -0.15) is 0 Å². The molecule has 0 saturated carbocycles. The van der Waals surface area contributed by atoms with Crippen molar-refractivity contribution < 1.29 is 8.42 Å². The average molecular weight is 320 g/mol. The molecule has 0 spiro atoms. The summed E-state index contributed by atoms with van der Waals surface area (Å²) in [7, 11) is -3.75. The molecular weight excluding hydrogens is 308 g/mol. The van der Waals surface area contributed by atoms with E-state index in [2.05, 4.69) is 9.71 Å². The predicted octanol–water partition coefficient (Wildman–Crippen LogP) is 2.70. The molecule has 0 atom stereocenters. The highest BCUT2D eigenvalue weighted by Crippen LogP contribution is 2.23. The fourth-order valence-corrected chi connectivity index (χ4v) is 4.45. The van der Waals surface area contributed by atoms with Crippen molar-refractivity contribution in [1.29, 1.82) is 0 Å². The van der Waals surface area contributed by atoms with Crippen LogP contribution < -0.4 is 9.60 Å². The zero-order chi connectivity index (χ0) is 15.0. The van der Waals surface area contributed by atoms with Crippen LogP contribution in [0.4, 0.5) is 5.69 Å². The summed E-state index contributed by atoms with van der Waals surface area (Å²) in [6.45, 7) is 1.56. The summed E-state index contributed by atoms with van der Waals surface area (Å²) in [6, 6.07) is 13.0. The third-order valence-corrected chi connectivity index (χ3v) is 6.01. The summed E-state index contributed by atoms with van der Waals surface area (Å²) in [5.41, 5.74) is 0.812. The van der Waals surface area contributed by atoms with Crippen LogP contribution in [0.2, 0.25) is 0 Å². The van der Waals surface area contributed by atoms with Crippen LogP contribution in [0, 0.1) is 6.92 Å². The van der Waals surface area contributed by atoms with E-state index >= 15 is 0 Å². The Balaban J connectivity index is 2.01. The largest absolute Gasteiger partial charge is 0.315 e. The number of hydrogen-bond acceptors (Lipinski definition) is 4. The number of hydrogen-bond donors (Lipinski definition) is 2. The van der Waals surface area contributed by atoms with Crippen molar-refractivity contribution in [3.05, 3.63) is 57.8 Å². The number of thiazole rings is 1. The lowest BCUT2D eigenvalue weighted by atomic mass is 10.1. The molecule has 5 nitrogen and oxygen atoms in total. The maximum absolute atomic E-state index is 12.3. The van der Waals surface area contributed by atoms with Crippen molar-refractivity contribution >= 4 is 37.8 Å². The molecule has 1 aromatic heterocycles. The summed E-state index contributed by atoms with van der Waals surface area (Å²) in [6.07, 6.45) is 0. The van der Waals surface area contributed by atoms with Gasteiger partial charge in [0, 0.05) is 11.4 Å². The fraction of sp³-hybridized carbons (Fsp3) is 0.0714. The number of aryl methyl sites for hydroxylation is 1. The second-order valence-corrected chi connectivity index (χ2v) is 7.46. The molecule has 1 heterocycles. The van der Waals surface area contributed by atoms with E-state index in [1.165, 1.54) is 0 Å². The van der Waals surface area contributed by atoms with Crippen LogP contribution in [0.3, 0.4) is 0 Å². The summed E-state index contributed by atoms with van der Waals surface area (Å²) >= 11 is 0.683. The smallest absolute Gasteiger partial charge is 0.306 e. The number of nitrogens with one attached hydrogen (secondary N) is 2. The summed E-state index contributed by atoms with van der Waals surface area (Å²) in [5, 5.41) is 1.97. The van der Waals surface area contributed by atoms with Gasteiger partial charge in [-0.15, -0.1) is 0 Å². The Morgan fingerprint density at radius 1 is 1.10 bits per heavy atom. The summed E-state index contributed by atoms with van der Waals surface area (Å²) in [5.74, 6) is 0. The van der Waals surface area contributed by atoms with Crippen LogP contribution in [-0.4, -0.2) is 13.4 Å². The molecule has 0 bridgehead atoms. The Kier molecular flexibility index (Phi) is 3.30. The van der Waals surface area contributed by atoms with E-state index in [0.29, 0.717) is 22.7 Å². The molecule has 21 heavy (non-hydrogen) atoms. The SMILES string of the molecule is Cc1[nH]c(=O)sc1S(=O)(=O)Nc1ccc2ccccc2c1. The lowest BCUT2D eigenvalue weighted by Crippen LogP contribution is -2.12. The van der Waals surface area contributed by atoms with Crippen LogP contribution in [0.1, 0.15) is 5.69 Å². The highest BCUT2D eigenvalue weighted by atomic mass is 32.2. The van der Waals surface area contributed by atoms with Gasteiger partial charge in [0.05, 0.1) is 0 Å². The summed E-state index contributed by atoms with van der Waals surface area (Å²) < 4.78 is 27.1. The fourth-order valence-electron chi connectivity index (χ4n) is 2.10. The van der Waals surface area contributed by atoms with E-state index < -0.39 is 10.0 Å². The first-order valence-electron chi connectivity index (χ1n) is 6.17. The molecule has 0 fully saturated rings. The molecular formula is C14H12N2O3S2. The maximum atomic E-state index is 12.3. The number of aromatic nitrogens is 1. The van der Waals surface area contributed by atoms with Crippen molar-refractivity contribution in [1.82, 2.24) is 4.98 Å². The van der Waals surface area contributed by atoms with Crippen molar-refractivity contribution in [2.24, 2.45) is 0 Å². The number of benzene rings is 2. The lowest BCUT2D eigenvalue weighted by molar-refractivity contribution is 0.602. The number of anilines is 1. The minimum absolute atomic E-state index is 0.0145. The molecule has 3 aromatic rings. The number of H-pyrrole nitrogens is 1. The van der Waals surface area contributed by atoms with Crippen LogP contribution in [0.25, 0.3) is 10.8 Å². The molecule has 3 rings (SSSR count). The second kappa shape index (κ2) is 5.01. The minimum Gasteiger partial charge on any atom is -0.315 e. The third kappa shape index (κ3) is 2.70. The van der Waals surface area contributed by atoms with Gasteiger partial charge < -0.3 is 4.98 Å². The first kappa shape index (κ1) is 13.8. The Hall–Kier alpha value is -2.12. The average Bonchev–Trinajstić information content (AvgIpc) is 2.78. The van der Waals surface area contributed by atoms with E-state index in [1.54, 1.807) is 19.1 Å². The third-order valence-electron chi connectivity index (χ3n) is 3.03. The van der Waals surface area contributed by atoms with Gasteiger partial charge in [0.2, 0.25) is 0 Å². The molecule has 108 valence electrons. The van der Waals surface area contributed by atoms with Gasteiger partial charge in [-0.25, -0.2) is 8.42 Å². The minimum atomic E-state index is -3.75. The molecule has 0 unspecified atom stereocenters. The molecule has 7 heteroatoms. The number of rotatable bonds is 3. The van der Waals surface area contributed by atoms with E-state index in [-0.39, 0.29) is 9.08 Å². The monoisotopic (exact) mass is 320 g/mol.